The second kappa shape index (κ2) is 28.4. The van der Waals surface area contributed by atoms with Crippen molar-refractivity contribution in [1.29, 1.82) is 0 Å². The molecule has 2 rings (SSSR count). The Hall–Kier alpha value is -3.07. The molecule has 0 heterocycles. The highest BCUT2D eigenvalue weighted by Crippen LogP contribution is 2.35. The van der Waals surface area contributed by atoms with Gasteiger partial charge in [0.15, 0.2) is 0 Å². The number of hydrogen-bond donors (Lipinski definition) is 2. The van der Waals surface area contributed by atoms with Crippen molar-refractivity contribution in [2.24, 2.45) is 0 Å². The number of carbonyl (C=O) groups excluding carboxylic acids is 2. The van der Waals surface area contributed by atoms with E-state index in [4.69, 9.17) is 9.47 Å². The Morgan fingerprint density at radius 1 is 0.453 bits per heavy atom. The molecule has 0 fully saturated rings. The molecule has 0 amide bonds. The lowest BCUT2D eigenvalue weighted by Crippen LogP contribution is -2.11. The van der Waals surface area contributed by atoms with E-state index in [1.165, 1.54) is 128 Å². The van der Waals surface area contributed by atoms with Gasteiger partial charge in [0.25, 0.3) is 0 Å². The van der Waals surface area contributed by atoms with Gasteiger partial charge in [-0.2, -0.15) is 0 Å². The van der Waals surface area contributed by atoms with Crippen molar-refractivity contribution in [3.8, 4) is 11.5 Å². The van der Waals surface area contributed by atoms with Crippen LogP contribution in [0.3, 0.4) is 0 Å². The zero-order valence-electron chi connectivity index (χ0n) is 33.0. The number of phenols is 2. The van der Waals surface area contributed by atoms with E-state index >= 15 is 0 Å². The van der Waals surface area contributed by atoms with Crippen LogP contribution in [-0.4, -0.2) is 43.8 Å². The van der Waals surface area contributed by atoms with Gasteiger partial charge in [0, 0.05) is 0 Å². The highest BCUT2D eigenvalue weighted by molar-refractivity contribution is 7.91. The minimum atomic E-state index is -4.53. The lowest BCUT2D eigenvalue weighted by molar-refractivity contribution is 0.0488. The highest BCUT2D eigenvalue weighted by atomic mass is 32.2. The van der Waals surface area contributed by atoms with Gasteiger partial charge in [0.2, 0.25) is 9.84 Å². The summed E-state index contributed by atoms with van der Waals surface area (Å²) >= 11 is 0. The first-order valence-electron chi connectivity index (χ1n) is 21.0. The van der Waals surface area contributed by atoms with Gasteiger partial charge in [-0.05, 0) is 49.2 Å². The van der Waals surface area contributed by atoms with Gasteiger partial charge in [0.1, 0.15) is 21.3 Å². The Labute approximate surface area is 321 Å². The Balaban J connectivity index is 1.75. The molecule has 0 radical (unpaired) electrons. The molecule has 0 bridgehead atoms. The van der Waals surface area contributed by atoms with E-state index in [0.29, 0.717) is 12.8 Å². The Kier molecular flexibility index (Phi) is 24.7. The van der Waals surface area contributed by atoms with Gasteiger partial charge in [0.05, 0.1) is 24.3 Å². The van der Waals surface area contributed by atoms with E-state index in [0.717, 1.165) is 62.8 Å². The molecule has 0 aliphatic rings. The highest BCUT2D eigenvalue weighted by Gasteiger charge is 2.28. The lowest BCUT2D eigenvalue weighted by Gasteiger charge is -2.12. The van der Waals surface area contributed by atoms with Gasteiger partial charge in [-0.25, -0.2) is 18.0 Å². The molecule has 0 unspecified atom stereocenters. The molecule has 2 aromatic rings. The number of esters is 2. The molecular weight excluding hydrogens is 689 g/mol. The molecule has 0 saturated carbocycles. The fourth-order valence-electron chi connectivity index (χ4n) is 6.57. The molecule has 0 saturated heterocycles. The summed E-state index contributed by atoms with van der Waals surface area (Å²) in [6.07, 6.45) is 31.3. The van der Waals surface area contributed by atoms with Crippen molar-refractivity contribution in [1.82, 2.24) is 0 Å². The Morgan fingerprint density at radius 3 is 1.00 bits per heavy atom. The molecular formula is C44H70O8S. The Morgan fingerprint density at radius 2 is 0.717 bits per heavy atom. The second-order valence-electron chi connectivity index (χ2n) is 14.6. The monoisotopic (exact) mass is 758 g/mol. The first kappa shape index (κ1) is 46.1. The summed E-state index contributed by atoms with van der Waals surface area (Å²) in [7, 11) is -4.53. The predicted molar refractivity (Wildman–Crippen MR) is 214 cm³/mol. The fraction of sp³-hybridized carbons (Fsp3) is 0.682. The summed E-state index contributed by atoms with van der Waals surface area (Å²) in [5.41, 5.74) is -0.0761. The number of sulfone groups is 1. The van der Waals surface area contributed by atoms with E-state index < -0.39 is 43.1 Å². The zero-order valence-corrected chi connectivity index (χ0v) is 33.8. The minimum Gasteiger partial charge on any atom is -0.507 e. The summed E-state index contributed by atoms with van der Waals surface area (Å²) < 4.78 is 38.0. The van der Waals surface area contributed by atoms with Crippen LogP contribution in [0.15, 0.2) is 46.2 Å². The molecule has 0 aromatic heterocycles. The lowest BCUT2D eigenvalue weighted by atomic mass is 10.0. The maximum absolute atomic E-state index is 13.6. The van der Waals surface area contributed by atoms with Crippen LogP contribution < -0.4 is 0 Å². The van der Waals surface area contributed by atoms with E-state index in [9.17, 15) is 28.2 Å². The standard InChI is InChI=1S/C44H70O8S/c1-3-5-7-9-11-13-15-17-19-21-23-25-27-33-51-43(47)37-29-31-39(45)41(35-37)53(49,50)42-36-38(30-32-40(42)46)44(48)52-34-28-26-24-22-20-18-16-14-12-10-8-6-4-2/h29-32,35-36,45-46H,3-28,33-34H2,1-2H3. The number of ether oxygens (including phenoxy) is 2. The third kappa shape index (κ3) is 19.2. The third-order valence-corrected chi connectivity index (χ3v) is 11.7. The number of benzene rings is 2. The molecule has 8 nitrogen and oxygen atoms in total. The van der Waals surface area contributed by atoms with E-state index in [1.54, 1.807) is 0 Å². The predicted octanol–water partition coefficient (Wildman–Crippen LogP) is 12.4. The largest absolute Gasteiger partial charge is 0.507 e. The van der Waals surface area contributed by atoms with Crippen LogP contribution in [0.25, 0.3) is 0 Å². The first-order valence-corrected chi connectivity index (χ1v) is 22.5. The second-order valence-corrected chi connectivity index (χ2v) is 16.5. The van der Waals surface area contributed by atoms with Crippen LogP contribution in [0, 0.1) is 0 Å². The van der Waals surface area contributed by atoms with Gasteiger partial charge in [-0.1, -0.05) is 168 Å². The minimum absolute atomic E-state index is 0.0380. The van der Waals surface area contributed by atoms with Crippen LogP contribution >= 0.6 is 0 Å². The van der Waals surface area contributed by atoms with Crippen molar-refractivity contribution in [3.63, 3.8) is 0 Å². The van der Waals surface area contributed by atoms with Crippen LogP contribution in [0.2, 0.25) is 0 Å². The number of rotatable bonds is 32. The van der Waals surface area contributed by atoms with Crippen molar-refractivity contribution in [2.75, 3.05) is 13.2 Å². The van der Waals surface area contributed by atoms with Crippen LogP contribution in [0.4, 0.5) is 0 Å². The smallest absolute Gasteiger partial charge is 0.338 e. The number of aromatic hydroxyl groups is 2. The molecule has 0 aliphatic heterocycles. The van der Waals surface area contributed by atoms with Gasteiger partial charge >= 0.3 is 11.9 Å². The summed E-state index contributed by atoms with van der Waals surface area (Å²) in [5, 5.41) is 21.0. The summed E-state index contributed by atoms with van der Waals surface area (Å²) in [6, 6.07) is 6.89. The molecule has 0 spiro atoms. The van der Waals surface area contributed by atoms with Gasteiger partial charge in [-0.15, -0.1) is 0 Å². The van der Waals surface area contributed by atoms with E-state index in [-0.39, 0.29) is 24.3 Å². The number of phenolic OH excluding ortho intramolecular Hbond substituents is 2. The fourth-order valence-corrected chi connectivity index (χ4v) is 8.06. The quantitative estimate of drug-likeness (QED) is 0.0557. The molecule has 300 valence electrons. The van der Waals surface area contributed by atoms with Crippen LogP contribution in [0.1, 0.15) is 202 Å². The van der Waals surface area contributed by atoms with Crippen molar-refractivity contribution in [3.05, 3.63) is 47.5 Å². The number of hydrogen-bond acceptors (Lipinski definition) is 8. The average Bonchev–Trinajstić information content (AvgIpc) is 3.15. The van der Waals surface area contributed by atoms with Crippen molar-refractivity contribution >= 4 is 21.8 Å². The van der Waals surface area contributed by atoms with Crippen molar-refractivity contribution < 1.29 is 37.7 Å². The average molecular weight is 759 g/mol. The number of carbonyl (C=O) groups is 2. The van der Waals surface area contributed by atoms with Crippen LogP contribution in [-0.2, 0) is 19.3 Å². The van der Waals surface area contributed by atoms with E-state index in [1.807, 2.05) is 0 Å². The molecule has 0 aliphatic carbocycles. The first-order chi connectivity index (χ1) is 25.7. The molecule has 0 atom stereocenters. The topological polar surface area (TPSA) is 127 Å². The Bertz CT molecular complexity index is 1300. The van der Waals surface area contributed by atoms with Gasteiger partial charge < -0.3 is 19.7 Å². The maximum atomic E-state index is 13.6. The summed E-state index contributed by atoms with van der Waals surface area (Å²) in [4.78, 5) is 24.4. The number of unbranched alkanes of at least 4 members (excludes halogenated alkanes) is 24. The third-order valence-electron chi connectivity index (χ3n) is 9.93. The van der Waals surface area contributed by atoms with Gasteiger partial charge in [-0.3, -0.25) is 0 Å². The van der Waals surface area contributed by atoms with Crippen molar-refractivity contribution in [2.45, 2.75) is 191 Å². The zero-order chi connectivity index (χ0) is 38.6. The van der Waals surface area contributed by atoms with E-state index in [2.05, 4.69) is 13.8 Å². The molecule has 2 N–H and O–H groups in total. The van der Waals surface area contributed by atoms with Crippen LogP contribution in [0.5, 0.6) is 11.5 Å². The molecule has 9 heteroatoms. The maximum Gasteiger partial charge on any atom is 0.338 e. The molecule has 53 heavy (non-hydrogen) atoms. The summed E-state index contributed by atoms with van der Waals surface area (Å²) in [5.74, 6) is -2.58. The normalized spacial score (nSPS) is 11.5. The SMILES string of the molecule is CCCCCCCCCCCCCCCOC(=O)c1ccc(O)c(S(=O)(=O)c2cc(C(=O)OCCCCCCCCCCCCCCC)ccc2O)c1. The molecule has 2 aromatic carbocycles. The summed E-state index contributed by atoms with van der Waals surface area (Å²) in [6.45, 7) is 4.90.